The Kier molecular flexibility index (Phi) is 8.71. The van der Waals surface area contributed by atoms with Crippen molar-refractivity contribution < 1.29 is 0 Å². The molecule has 3 heteroatoms. The van der Waals surface area contributed by atoms with Gasteiger partial charge in [0.15, 0.2) is 5.82 Å². The van der Waals surface area contributed by atoms with Gasteiger partial charge in [0, 0.05) is 36.9 Å². The van der Waals surface area contributed by atoms with Gasteiger partial charge in [-0.15, -0.1) is 11.3 Å². The first-order valence-corrected chi connectivity index (χ1v) is 24.1. The highest BCUT2D eigenvalue weighted by Gasteiger charge is 2.51. The summed E-state index contributed by atoms with van der Waals surface area (Å²) in [5.74, 6) is 0.691. The number of fused-ring (bicyclic) bond motifs is 13. The molecule has 0 N–H and O–H groups in total. The van der Waals surface area contributed by atoms with Crippen LogP contribution in [0.5, 0.6) is 0 Å². The molecule has 1 spiro atoms. The van der Waals surface area contributed by atoms with Crippen molar-refractivity contribution in [1.29, 1.82) is 0 Å². The van der Waals surface area contributed by atoms with Crippen molar-refractivity contribution >= 4 is 31.5 Å². The summed E-state index contributed by atoms with van der Waals surface area (Å²) in [6, 6.07) is 88.7. The number of benzene rings is 10. The predicted molar refractivity (Wildman–Crippen MR) is 284 cm³/mol. The van der Waals surface area contributed by atoms with Gasteiger partial charge in [0.25, 0.3) is 0 Å². The lowest BCUT2D eigenvalue weighted by molar-refractivity contribution is 0.794. The fraction of sp³-hybridized carbons (Fsp3) is 0.0154. The number of thiophene rings is 1. The molecule has 2 aromatic heterocycles. The van der Waals surface area contributed by atoms with Crippen LogP contribution >= 0.6 is 11.3 Å². The van der Waals surface area contributed by atoms with Gasteiger partial charge in [-0.1, -0.05) is 206 Å². The minimum absolute atomic E-state index is 0.462. The second kappa shape index (κ2) is 15.3. The Hall–Kier alpha value is -8.50. The minimum Gasteiger partial charge on any atom is -0.228 e. The van der Waals surface area contributed by atoms with Crippen LogP contribution in [0, 0.1) is 0 Å². The van der Waals surface area contributed by atoms with Gasteiger partial charge < -0.3 is 0 Å². The van der Waals surface area contributed by atoms with Crippen LogP contribution in [0.4, 0.5) is 0 Å². The van der Waals surface area contributed by atoms with Gasteiger partial charge in [0.05, 0.1) is 16.8 Å². The second-order valence-electron chi connectivity index (χ2n) is 18.0. The van der Waals surface area contributed by atoms with E-state index in [-0.39, 0.29) is 0 Å². The van der Waals surface area contributed by atoms with Crippen LogP contribution in [0.2, 0.25) is 0 Å². The maximum Gasteiger partial charge on any atom is 0.160 e. The summed E-state index contributed by atoms with van der Waals surface area (Å²) in [5.41, 5.74) is 21.8. The average molecular weight is 881 g/mol. The van der Waals surface area contributed by atoms with Gasteiger partial charge in [-0.25, -0.2) is 9.97 Å². The Labute approximate surface area is 399 Å². The van der Waals surface area contributed by atoms with Crippen molar-refractivity contribution in [3.8, 4) is 89.5 Å². The molecule has 316 valence electrons. The summed E-state index contributed by atoms with van der Waals surface area (Å²) in [4.78, 5) is 10.9. The molecule has 0 radical (unpaired) electrons. The summed E-state index contributed by atoms with van der Waals surface area (Å²) in [6.07, 6.45) is 0. The van der Waals surface area contributed by atoms with E-state index in [0.717, 1.165) is 39.2 Å². The fourth-order valence-corrected chi connectivity index (χ4v) is 12.6. The van der Waals surface area contributed by atoms with E-state index in [1.54, 1.807) is 0 Å². The maximum atomic E-state index is 5.47. The normalized spacial score (nSPS) is 12.8. The van der Waals surface area contributed by atoms with Crippen LogP contribution < -0.4 is 0 Å². The number of aromatic nitrogens is 2. The molecule has 0 saturated carbocycles. The molecule has 0 unspecified atom stereocenters. The highest BCUT2D eigenvalue weighted by Crippen LogP contribution is 2.63. The first kappa shape index (κ1) is 38.7. The topological polar surface area (TPSA) is 25.8 Å². The minimum atomic E-state index is -0.462. The molecule has 12 aromatic rings. The molecule has 2 aliphatic carbocycles. The van der Waals surface area contributed by atoms with E-state index >= 15 is 0 Å². The molecule has 68 heavy (non-hydrogen) atoms. The number of nitrogens with zero attached hydrogens (tertiary/aromatic N) is 2. The zero-order valence-corrected chi connectivity index (χ0v) is 37.7. The molecule has 0 amide bonds. The van der Waals surface area contributed by atoms with Crippen molar-refractivity contribution in [2.45, 2.75) is 5.41 Å². The fourth-order valence-electron chi connectivity index (χ4n) is 11.4. The van der Waals surface area contributed by atoms with E-state index in [1.165, 1.54) is 86.9 Å². The third-order valence-corrected chi connectivity index (χ3v) is 15.5. The van der Waals surface area contributed by atoms with E-state index in [9.17, 15) is 0 Å². The van der Waals surface area contributed by atoms with E-state index in [4.69, 9.17) is 9.97 Å². The van der Waals surface area contributed by atoms with Gasteiger partial charge >= 0.3 is 0 Å². The van der Waals surface area contributed by atoms with Crippen LogP contribution in [-0.4, -0.2) is 9.97 Å². The molecule has 0 aliphatic heterocycles. The second-order valence-corrected chi connectivity index (χ2v) is 19.0. The number of hydrogen-bond acceptors (Lipinski definition) is 3. The largest absolute Gasteiger partial charge is 0.228 e. The van der Waals surface area contributed by atoms with Crippen molar-refractivity contribution in [2.75, 3.05) is 0 Å². The molecule has 14 rings (SSSR count). The average Bonchev–Trinajstić information content (AvgIpc) is 4.05. The van der Waals surface area contributed by atoms with Crippen LogP contribution in [0.1, 0.15) is 22.3 Å². The summed E-state index contributed by atoms with van der Waals surface area (Å²) < 4.78 is 2.57. The predicted octanol–water partition coefficient (Wildman–Crippen LogP) is 17.2. The van der Waals surface area contributed by atoms with Crippen molar-refractivity contribution in [1.82, 2.24) is 9.97 Å². The van der Waals surface area contributed by atoms with Crippen LogP contribution in [0.3, 0.4) is 0 Å². The van der Waals surface area contributed by atoms with E-state index in [2.05, 4.69) is 243 Å². The van der Waals surface area contributed by atoms with Gasteiger partial charge in [-0.3, -0.25) is 0 Å². The zero-order chi connectivity index (χ0) is 44.8. The van der Waals surface area contributed by atoms with E-state index in [0.29, 0.717) is 5.82 Å². The smallest absolute Gasteiger partial charge is 0.160 e. The quantitative estimate of drug-likeness (QED) is 0.166. The Bertz CT molecular complexity index is 3910. The Morgan fingerprint density at radius 1 is 0.279 bits per heavy atom. The molecule has 2 heterocycles. The molecule has 0 bridgehead atoms. The van der Waals surface area contributed by atoms with E-state index in [1.807, 2.05) is 11.3 Å². The SMILES string of the molecule is c1ccc(-c2nc(-c3cc(-c4ccccc4-c4ccccc4)cc(-c4cccc5c4sc4ccccc45)c3)cc(-c3ccc4c(c3)C3(c5ccccc5-c5ccccc53)c3ccccc3-4)n2)cc1. The molecule has 2 nitrogen and oxygen atoms in total. The highest BCUT2D eigenvalue weighted by atomic mass is 32.1. The summed E-state index contributed by atoms with van der Waals surface area (Å²) >= 11 is 1.86. The third-order valence-electron chi connectivity index (χ3n) is 14.3. The summed E-state index contributed by atoms with van der Waals surface area (Å²) in [5, 5.41) is 2.57. The molecule has 0 atom stereocenters. The van der Waals surface area contributed by atoms with Crippen LogP contribution in [0.25, 0.3) is 110 Å². The molecule has 0 saturated heterocycles. The van der Waals surface area contributed by atoms with Crippen LogP contribution in [-0.2, 0) is 5.41 Å². The zero-order valence-electron chi connectivity index (χ0n) is 36.9. The summed E-state index contributed by atoms with van der Waals surface area (Å²) in [7, 11) is 0. The Morgan fingerprint density at radius 2 is 0.750 bits per heavy atom. The lowest BCUT2D eigenvalue weighted by atomic mass is 9.70. The highest BCUT2D eigenvalue weighted by molar-refractivity contribution is 7.26. The lowest BCUT2D eigenvalue weighted by Gasteiger charge is -2.30. The standard InChI is InChI=1S/C65H40N2S/c1-3-18-41(19-4-1)47-22-7-8-23-48(47)44-36-45(49-28-17-29-55-54-27-12-16-33-62(54)68-63(49)55)38-46(37-44)61-40-60(66-64(67-61)42-20-5-2-6-21-42)43-34-35-53-52-26-11-15-32-58(52)65(59(53)39-43)56-30-13-9-24-50(56)51-25-10-14-31-57(51)65/h1-40H. The van der Waals surface area contributed by atoms with Crippen molar-refractivity contribution in [3.63, 3.8) is 0 Å². The lowest BCUT2D eigenvalue weighted by Crippen LogP contribution is -2.25. The Balaban J connectivity index is 1.01. The maximum absolute atomic E-state index is 5.47. The van der Waals surface area contributed by atoms with Gasteiger partial charge in [0.1, 0.15) is 0 Å². The van der Waals surface area contributed by atoms with Crippen molar-refractivity contribution in [3.05, 3.63) is 265 Å². The number of hydrogen-bond donors (Lipinski definition) is 0. The molecule has 0 fully saturated rings. The van der Waals surface area contributed by atoms with Gasteiger partial charge in [-0.05, 0) is 114 Å². The van der Waals surface area contributed by atoms with Crippen molar-refractivity contribution in [2.24, 2.45) is 0 Å². The molecule has 10 aromatic carbocycles. The van der Waals surface area contributed by atoms with Gasteiger partial charge in [0.2, 0.25) is 0 Å². The van der Waals surface area contributed by atoms with E-state index < -0.39 is 5.41 Å². The third kappa shape index (κ3) is 5.83. The first-order valence-electron chi connectivity index (χ1n) is 23.3. The monoisotopic (exact) mass is 880 g/mol. The number of rotatable bonds is 6. The van der Waals surface area contributed by atoms with Gasteiger partial charge in [-0.2, -0.15) is 0 Å². The first-order chi connectivity index (χ1) is 33.7. The molecular formula is C65H40N2S. The molecule has 2 aliphatic rings. The Morgan fingerprint density at radius 3 is 1.41 bits per heavy atom. The van der Waals surface area contributed by atoms with Crippen LogP contribution in [0.15, 0.2) is 243 Å². The molecular weight excluding hydrogens is 841 g/mol. The summed E-state index contributed by atoms with van der Waals surface area (Å²) in [6.45, 7) is 0.